The first-order valence-electron chi connectivity index (χ1n) is 8.21. The lowest BCUT2D eigenvalue weighted by atomic mass is 10.0. The first-order chi connectivity index (χ1) is 11.5. The van der Waals surface area contributed by atoms with Crippen molar-refractivity contribution in [1.29, 1.82) is 0 Å². The molecular formula is C19H21NO4. The molecule has 2 heterocycles. The third-order valence-corrected chi connectivity index (χ3v) is 4.45. The number of aliphatic carboxylic acids is 1. The zero-order chi connectivity index (χ0) is 17.3. The average Bonchev–Trinajstić information content (AvgIpc) is 3.23. The van der Waals surface area contributed by atoms with Crippen LogP contribution in [0.5, 0.6) is 0 Å². The summed E-state index contributed by atoms with van der Waals surface area (Å²) in [6, 6.07) is 10.6. The van der Waals surface area contributed by atoms with E-state index in [0.717, 1.165) is 5.56 Å². The van der Waals surface area contributed by atoms with Crippen molar-refractivity contribution < 1.29 is 19.1 Å². The van der Waals surface area contributed by atoms with Crippen LogP contribution in [0.1, 0.15) is 48.7 Å². The molecule has 1 saturated heterocycles. The normalized spacial score (nSPS) is 17.5. The number of carbonyl (C=O) groups is 2. The second-order valence-electron chi connectivity index (χ2n) is 6.44. The van der Waals surface area contributed by atoms with Crippen molar-refractivity contribution in [2.75, 3.05) is 6.54 Å². The van der Waals surface area contributed by atoms with Gasteiger partial charge in [-0.05, 0) is 42.5 Å². The maximum absolute atomic E-state index is 12.6. The van der Waals surface area contributed by atoms with Crippen LogP contribution in [0.25, 0.3) is 11.3 Å². The van der Waals surface area contributed by atoms with Gasteiger partial charge in [0.05, 0.1) is 0 Å². The van der Waals surface area contributed by atoms with Gasteiger partial charge in [0, 0.05) is 12.1 Å². The molecule has 1 amide bonds. The highest BCUT2D eigenvalue weighted by Crippen LogP contribution is 2.27. The van der Waals surface area contributed by atoms with Gasteiger partial charge in [-0.2, -0.15) is 0 Å². The Hall–Kier alpha value is -2.56. The van der Waals surface area contributed by atoms with Gasteiger partial charge >= 0.3 is 5.97 Å². The maximum Gasteiger partial charge on any atom is 0.326 e. The van der Waals surface area contributed by atoms with Crippen molar-refractivity contribution in [2.24, 2.45) is 0 Å². The lowest BCUT2D eigenvalue weighted by molar-refractivity contribution is -0.141. The predicted molar refractivity (Wildman–Crippen MR) is 89.9 cm³/mol. The molecule has 1 N–H and O–H groups in total. The summed E-state index contributed by atoms with van der Waals surface area (Å²) in [4.78, 5) is 25.2. The van der Waals surface area contributed by atoms with Gasteiger partial charge in [-0.1, -0.05) is 32.0 Å². The van der Waals surface area contributed by atoms with E-state index in [1.165, 1.54) is 10.5 Å². The molecule has 1 aromatic carbocycles. The largest absolute Gasteiger partial charge is 0.480 e. The number of rotatable bonds is 4. The van der Waals surface area contributed by atoms with Crippen molar-refractivity contribution in [2.45, 2.75) is 38.6 Å². The van der Waals surface area contributed by atoms with Crippen LogP contribution in [-0.4, -0.2) is 34.5 Å². The predicted octanol–water partition coefficient (Wildman–Crippen LogP) is 3.76. The van der Waals surface area contributed by atoms with Crippen molar-refractivity contribution in [3.63, 3.8) is 0 Å². The van der Waals surface area contributed by atoms with Gasteiger partial charge in [0.25, 0.3) is 5.91 Å². The van der Waals surface area contributed by atoms with Gasteiger partial charge in [-0.15, -0.1) is 0 Å². The summed E-state index contributed by atoms with van der Waals surface area (Å²) in [5.41, 5.74) is 2.11. The summed E-state index contributed by atoms with van der Waals surface area (Å²) in [6.45, 7) is 4.69. The molecule has 5 nitrogen and oxygen atoms in total. The summed E-state index contributed by atoms with van der Waals surface area (Å²) in [5, 5.41) is 9.22. The van der Waals surface area contributed by atoms with Gasteiger partial charge in [0.2, 0.25) is 0 Å². The standard InChI is InChI=1S/C19H21NO4/c1-12(2)13-5-3-6-14(11-13)16-8-9-17(24-16)18(21)20-10-4-7-15(20)19(22)23/h3,5-6,8-9,11-12,15H,4,7,10H2,1-2H3,(H,22,23). The zero-order valence-corrected chi connectivity index (χ0v) is 13.9. The number of benzene rings is 1. The van der Waals surface area contributed by atoms with E-state index < -0.39 is 12.0 Å². The second kappa shape index (κ2) is 6.51. The highest BCUT2D eigenvalue weighted by atomic mass is 16.4. The highest BCUT2D eigenvalue weighted by Gasteiger charge is 2.35. The van der Waals surface area contributed by atoms with Crippen LogP contribution in [0.2, 0.25) is 0 Å². The Kier molecular flexibility index (Phi) is 4.42. The van der Waals surface area contributed by atoms with E-state index in [-0.39, 0.29) is 11.7 Å². The van der Waals surface area contributed by atoms with E-state index in [4.69, 9.17) is 4.42 Å². The Bertz CT molecular complexity index is 762. The Morgan fingerprint density at radius 1 is 1.25 bits per heavy atom. The van der Waals surface area contributed by atoms with Gasteiger partial charge in [0.15, 0.2) is 5.76 Å². The highest BCUT2D eigenvalue weighted by molar-refractivity contribution is 5.95. The van der Waals surface area contributed by atoms with Crippen LogP contribution in [0, 0.1) is 0 Å². The van der Waals surface area contributed by atoms with E-state index in [1.54, 1.807) is 12.1 Å². The summed E-state index contributed by atoms with van der Waals surface area (Å²) >= 11 is 0. The fourth-order valence-corrected chi connectivity index (χ4v) is 3.07. The fourth-order valence-electron chi connectivity index (χ4n) is 3.07. The van der Waals surface area contributed by atoms with Crippen LogP contribution in [0.4, 0.5) is 0 Å². The van der Waals surface area contributed by atoms with E-state index in [1.807, 2.05) is 18.2 Å². The number of nitrogens with zero attached hydrogens (tertiary/aromatic N) is 1. The molecule has 0 saturated carbocycles. The first kappa shape index (κ1) is 16.3. The molecule has 5 heteroatoms. The molecule has 3 rings (SSSR count). The number of amides is 1. The summed E-state index contributed by atoms with van der Waals surface area (Å²) in [6.07, 6.45) is 1.19. The zero-order valence-electron chi connectivity index (χ0n) is 13.9. The quantitative estimate of drug-likeness (QED) is 0.928. The molecule has 0 radical (unpaired) electrons. The number of hydrogen-bond donors (Lipinski definition) is 1. The third kappa shape index (κ3) is 3.07. The second-order valence-corrected chi connectivity index (χ2v) is 6.44. The van der Waals surface area contributed by atoms with E-state index in [2.05, 4.69) is 19.9 Å². The number of carbonyl (C=O) groups excluding carboxylic acids is 1. The SMILES string of the molecule is CC(C)c1cccc(-c2ccc(C(=O)N3CCCC3C(=O)O)o2)c1. The monoisotopic (exact) mass is 327 g/mol. The van der Waals surface area contributed by atoms with Crippen molar-refractivity contribution in [3.8, 4) is 11.3 Å². The minimum atomic E-state index is -0.961. The van der Waals surface area contributed by atoms with Crippen molar-refractivity contribution >= 4 is 11.9 Å². The smallest absolute Gasteiger partial charge is 0.326 e. The summed E-state index contributed by atoms with van der Waals surface area (Å²) in [5.74, 6) is -0.106. The van der Waals surface area contributed by atoms with Crippen LogP contribution in [0.3, 0.4) is 0 Å². The molecule has 0 spiro atoms. The summed E-state index contributed by atoms with van der Waals surface area (Å²) in [7, 11) is 0. The molecule has 1 aromatic heterocycles. The van der Waals surface area contributed by atoms with E-state index in [9.17, 15) is 14.7 Å². The lowest BCUT2D eigenvalue weighted by Crippen LogP contribution is -2.40. The number of likely N-dealkylation sites (tertiary alicyclic amines) is 1. The Balaban J connectivity index is 1.84. The van der Waals surface area contributed by atoms with E-state index >= 15 is 0 Å². The summed E-state index contributed by atoms with van der Waals surface area (Å²) < 4.78 is 5.72. The molecule has 1 aliphatic rings. The molecule has 126 valence electrons. The topological polar surface area (TPSA) is 70.8 Å². The molecule has 2 aromatic rings. The molecule has 1 aliphatic heterocycles. The minimum Gasteiger partial charge on any atom is -0.480 e. The lowest BCUT2D eigenvalue weighted by Gasteiger charge is -2.19. The fraction of sp³-hybridized carbons (Fsp3) is 0.368. The molecule has 24 heavy (non-hydrogen) atoms. The van der Waals surface area contributed by atoms with Crippen LogP contribution < -0.4 is 0 Å². The van der Waals surface area contributed by atoms with Crippen molar-refractivity contribution in [3.05, 3.63) is 47.7 Å². The number of hydrogen-bond acceptors (Lipinski definition) is 3. The maximum atomic E-state index is 12.6. The Labute approximate surface area is 140 Å². The number of furan rings is 1. The molecule has 1 fully saturated rings. The van der Waals surface area contributed by atoms with Gasteiger partial charge in [0.1, 0.15) is 11.8 Å². The first-order valence-corrected chi connectivity index (χ1v) is 8.21. The van der Waals surface area contributed by atoms with Crippen LogP contribution >= 0.6 is 0 Å². The van der Waals surface area contributed by atoms with Crippen molar-refractivity contribution in [1.82, 2.24) is 4.90 Å². The van der Waals surface area contributed by atoms with Gasteiger partial charge < -0.3 is 14.4 Å². The molecule has 0 bridgehead atoms. The molecule has 0 aliphatic carbocycles. The molecule has 1 unspecified atom stereocenters. The Morgan fingerprint density at radius 3 is 2.75 bits per heavy atom. The van der Waals surface area contributed by atoms with Crippen LogP contribution in [-0.2, 0) is 4.79 Å². The molecule has 1 atom stereocenters. The van der Waals surface area contributed by atoms with Gasteiger partial charge in [-0.25, -0.2) is 4.79 Å². The minimum absolute atomic E-state index is 0.188. The van der Waals surface area contributed by atoms with Gasteiger partial charge in [-0.3, -0.25) is 4.79 Å². The van der Waals surface area contributed by atoms with Crippen LogP contribution in [0.15, 0.2) is 40.8 Å². The average molecular weight is 327 g/mol. The number of carboxylic acids is 1. The third-order valence-electron chi connectivity index (χ3n) is 4.45. The molecular weight excluding hydrogens is 306 g/mol. The number of carboxylic acid groups (broad SMARTS) is 1. The van der Waals surface area contributed by atoms with E-state index in [0.29, 0.717) is 31.1 Å². The Morgan fingerprint density at radius 2 is 2.04 bits per heavy atom.